The van der Waals surface area contributed by atoms with Crippen molar-refractivity contribution in [2.24, 2.45) is 0 Å². The largest absolute Gasteiger partial charge is 0.462 e. The van der Waals surface area contributed by atoms with Gasteiger partial charge in [0.05, 0.1) is 12.2 Å². The predicted molar refractivity (Wildman–Crippen MR) is 53.7 cm³/mol. The van der Waals surface area contributed by atoms with Crippen LogP contribution in [0.3, 0.4) is 0 Å². The van der Waals surface area contributed by atoms with E-state index in [4.69, 9.17) is 4.74 Å². The number of pyridine rings is 1. The van der Waals surface area contributed by atoms with Crippen molar-refractivity contribution in [2.75, 3.05) is 6.61 Å². The van der Waals surface area contributed by atoms with Crippen LogP contribution in [0.2, 0.25) is 0 Å². The summed E-state index contributed by atoms with van der Waals surface area (Å²) in [5, 5.41) is 7.70. The molecule has 0 amide bonds. The van der Waals surface area contributed by atoms with Gasteiger partial charge >= 0.3 is 5.97 Å². The van der Waals surface area contributed by atoms with Crippen molar-refractivity contribution in [3.63, 3.8) is 0 Å². The van der Waals surface area contributed by atoms with E-state index in [-0.39, 0.29) is 5.97 Å². The summed E-state index contributed by atoms with van der Waals surface area (Å²) in [6.45, 7) is 3.98. The maximum absolute atomic E-state index is 11.6. The lowest BCUT2D eigenvalue weighted by Gasteiger charge is -2.05. The Balaban J connectivity index is 2.52. The smallest absolute Gasteiger partial charge is 0.338 e. The average Bonchev–Trinajstić information content (AvgIpc) is 2.67. The third-order valence-electron chi connectivity index (χ3n) is 2.21. The minimum absolute atomic E-state index is 0.319. The van der Waals surface area contributed by atoms with E-state index in [1.807, 2.05) is 6.92 Å². The van der Waals surface area contributed by atoms with Gasteiger partial charge in [0.2, 0.25) is 0 Å². The van der Waals surface area contributed by atoms with E-state index in [0.29, 0.717) is 17.8 Å². The minimum atomic E-state index is -0.319. The Morgan fingerprint density at radius 3 is 3.13 bits per heavy atom. The molecule has 2 rings (SSSR count). The molecule has 0 unspecified atom stereocenters. The minimum Gasteiger partial charge on any atom is -0.462 e. The van der Waals surface area contributed by atoms with Crippen molar-refractivity contribution < 1.29 is 9.53 Å². The fraction of sp³-hybridized carbons (Fsp3) is 0.300. The van der Waals surface area contributed by atoms with Crippen LogP contribution in [0.15, 0.2) is 18.6 Å². The van der Waals surface area contributed by atoms with Crippen LogP contribution in [-0.2, 0) is 4.74 Å². The summed E-state index contributed by atoms with van der Waals surface area (Å²) < 4.78 is 6.70. The van der Waals surface area contributed by atoms with Gasteiger partial charge in [0.15, 0.2) is 5.65 Å². The lowest BCUT2D eigenvalue weighted by atomic mass is 10.1. The molecule has 0 aliphatic carbocycles. The molecule has 0 aliphatic heterocycles. The standard InChI is InChI=1S/C10H11N3O2/c1-3-15-10(14)8-4-5-13-6-11-12-9(13)7(8)2/h4-6H,3H2,1-2H3. The molecule has 0 saturated heterocycles. The number of hydrogen-bond acceptors (Lipinski definition) is 4. The topological polar surface area (TPSA) is 56.5 Å². The zero-order chi connectivity index (χ0) is 10.8. The first-order chi connectivity index (χ1) is 7.24. The second-order valence-electron chi connectivity index (χ2n) is 3.14. The Kier molecular flexibility index (Phi) is 2.37. The van der Waals surface area contributed by atoms with Crippen LogP contribution in [0.1, 0.15) is 22.8 Å². The molecule has 0 atom stereocenters. The molecule has 0 bridgehead atoms. The molecule has 0 fully saturated rings. The first-order valence-corrected chi connectivity index (χ1v) is 4.70. The maximum atomic E-state index is 11.6. The third-order valence-corrected chi connectivity index (χ3v) is 2.21. The van der Waals surface area contributed by atoms with Crippen LogP contribution in [-0.4, -0.2) is 27.2 Å². The molecule has 78 valence electrons. The van der Waals surface area contributed by atoms with Crippen molar-refractivity contribution in [3.8, 4) is 0 Å². The van der Waals surface area contributed by atoms with E-state index in [2.05, 4.69) is 10.2 Å². The molecule has 2 heterocycles. The number of carbonyl (C=O) groups excluding carboxylic acids is 1. The molecule has 2 aromatic heterocycles. The normalized spacial score (nSPS) is 10.5. The summed E-state index contributed by atoms with van der Waals surface area (Å²) >= 11 is 0. The lowest BCUT2D eigenvalue weighted by molar-refractivity contribution is 0.0525. The first-order valence-electron chi connectivity index (χ1n) is 4.70. The van der Waals surface area contributed by atoms with Crippen LogP contribution in [0, 0.1) is 6.92 Å². The van der Waals surface area contributed by atoms with Crippen LogP contribution >= 0.6 is 0 Å². The van der Waals surface area contributed by atoms with Crippen LogP contribution in [0.4, 0.5) is 0 Å². The van der Waals surface area contributed by atoms with Gasteiger partial charge in [-0.2, -0.15) is 0 Å². The van der Waals surface area contributed by atoms with Gasteiger partial charge < -0.3 is 4.74 Å². The van der Waals surface area contributed by atoms with E-state index in [9.17, 15) is 4.79 Å². The van der Waals surface area contributed by atoms with Gasteiger partial charge in [-0.1, -0.05) is 0 Å². The Labute approximate surface area is 86.7 Å². The monoisotopic (exact) mass is 205 g/mol. The van der Waals surface area contributed by atoms with Crippen molar-refractivity contribution in [1.82, 2.24) is 14.6 Å². The number of fused-ring (bicyclic) bond motifs is 1. The van der Waals surface area contributed by atoms with E-state index in [1.54, 1.807) is 29.9 Å². The van der Waals surface area contributed by atoms with E-state index < -0.39 is 0 Å². The summed E-state index contributed by atoms with van der Waals surface area (Å²) in [7, 11) is 0. The van der Waals surface area contributed by atoms with Crippen LogP contribution in [0.25, 0.3) is 5.65 Å². The average molecular weight is 205 g/mol. The fourth-order valence-corrected chi connectivity index (χ4v) is 1.45. The van der Waals surface area contributed by atoms with Crippen molar-refractivity contribution >= 4 is 11.6 Å². The number of hydrogen-bond donors (Lipinski definition) is 0. The maximum Gasteiger partial charge on any atom is 0.338 e. The first kappa shape index (κ1) is 9.64. The summed E-state index contributed by atoms with van der Waals surface area (Å²) in [6.07, 6.45) is 3.34. The van der Waals surface area contributed by atoms with Crippen LogP contribution in [0.5, 0.6) is 0 Å². The van der Waals surface area contributed by atoms with E-state index >= 15 is 0 Å². The Bertz CT molecular complexity index is 504. The molecule has 0 saturated carbocycles. The highest BCUT2D eigenvalue weighted by molar-refractivity contribution is 5.92. The summed E-state index contributed by atoms with van der Waals surface area (Å²) in [4.78, 5) is 11.6. The quantitative estimate of drug-likeness (QED) is 0.691. The fourth-order valence-electron chi connectivity index (χ4n) is 1.45. The van der Waals surface area contributed by atoms with Gasteiger partial charge in [-0.05, 0) is 19.9 Å². The van der Waals surface area contributed by atoms with Crippen molar-refractivity contribution in [3.05, 3.63) is 29.7 Å². The highest BCUT2D eigenvalue weighted by Crippen LogP contribution is 2.13. The molecule has 5 nitrogen and oxygen atoms in total. The molecular formula is C10H11N3O2. The van der Waals surface area contributed by atoms with E-state index in [0.717, 1.165) is 5.56 Å². The molecule has 15 heavy (non-hydrogen) atoms. The lowest BCUT2D eigenvalue weighted by Crippen LogP contribution is -2.07. The van der Waals surface area contributed by atoms with Gasteiger partial charge in [-0.15, -0.1) is 10.2 Å². The van der Waals surface area contributed by atoms with Crippen molar-refractivity contribution in [2.45, 2.75) is 13.8 Å². The summed E-state index contributed by atoms with van der Waals surface area (Å²) in [5.41, 5.74) is 2.01. The molecule has 0 aliphatic rings. The zero-order valence-electron chi connectivity index (χ0n) is 8.60. The Morgan fingerprint density at radius 2 is 2.40 bits per heavy atom. The molecule has 2 aromatic rings. The second kappa shape index (κ2) is 3.68. The van der Waals surface area contributed by atoms with Gasteiger partial charge in [-0.3, -0.25) is 4.40 Å². The molecular weight excluding hydrogens is 194 g/mol. The van der Waals surface area contributed by atoms with Crippen molar-refractivity contribution in [1.29, 1.82) is 0 Å². The number of aryl methyl sites for hydroxylation is 1. The molecule has 0 radical (unpaired) electrons. The Morgan fingerprint density at radius 1 is 1.60 bits per heavy atom. The summed E-state index contributed by atoms with van der Waals surface area (Å²) in [5.74, 6) is -0.319. The highest BCUT2D eigenvalue weighted by Gasteiger charge is 2.13. The zero-order valence-corrected chi connectivity index (χ0v) is 8.60. The van der Waals surface area contributed by atoms with Gasteiger partial charge in [0.25, 0.3) is 0 Å². The van der Waals surface area contributed by atoms with Gasteiger partial charge in [0, 0.05) is 11.8 Å². The molecule has 0 N–H and O–H groups in total. The number of esters is 1. The van der Waals surface area contributed by atoms with Gasteiger partial charge in [0.1, 0.15) is 6.33 Å². The predicted octanol–water partition coefficient (Wildman–Crippen LogP) is 1.21. The molecule has 0 spiro atoms. The number of nitrogens with zero attached hydrogens (tertiary/aromatic N) is 3. The van der Waals surface area contributed by atoms with Gasteiger partial charge in [-0.25, -0.2) is 4.79 Å². The summed E-state index contributed by atoms with van der Waals surface area (Å²) in [6, 6.07) is 1.71. The number of aromatic nitrogens is 3. The SMILES string of the molecule is CCOC(=O)c1ccn2cnnc2c1C. The number of ether oxygens (including phenoxy) is 1. The highest BCUT2D eigenvalue weighted by atomic mass is 16.5. The van der Waals surface area contributed by atoms with Crippen LogP contribution < -0.4 is 0 Å². The number of carbonyl (C=O) groups is 1. The number of rotatable bonds is 2. The second-order valence-corrected chi connectivity index (χ2v) is 3.14. The molecule has 5 heteroatoms. The Hall–Kier alpha value is -1.91. The third kappa shape index (κ3) is 1.56. The molecule has 0 aromatic carbocycles. The van der Waals surface area contributed by atoms with E-state index in [1.165, 1.54) is 0 Å².